The van der Waals surface area contributed by atoms with Crippen molar-refractivity contribution in [1.82, 2.24) is 19.9 Å². The van der Waals surface area contributed by atoms with Crippen LogP contribution in [-0.4, -0.2) is 59.0 Å². The van der Waals surface area contributed by atoms with Crippen molar-refractivity contribution in [1.29, 1.82) is 0 Å². The molecule has 0 radical (unpaired) electrons. The molecule has 0 atom stereocenters. The maximum Gasteiger partial charge on any atom is 0.416 e. The van der Waals surface area contributed by atoms with Crippen LogP contribution in [0.5, 0.6) is 0 Å². The Morgan fingerprint density at radius 3 is 2.36 bits per heavy atom. The number of halogens is 3. The number of fused-ring (bicyclic) bond motifs is 1. The lowest BCUT2D eigenvalue weighted by Crippen LogP contribution is -2.42. The molecule has 3 aromatic carbocycles. The maximum atomic E-state index is 13.2. The Kier molecular flexibility index (Phi) is 8.83. The fraction of sp³-hybridized carbons (Fsp3) is 0.278. The molecule has 1 fully saturated rings. The zero-order chi connectivity index (χ0) is 33.3. The molecule has 11 heteroatoms. The second kappa shape index (κ2) is 13.0. The number of nitrogens with zero attached hydrogens (tertiary/aromatic N) is 5. The highest BCUT2D eigenvalue weighted by Gasteiger charge is 2.31. The van der Waals surface area contributed by atoms with E-state index in [0.717, 1.165) is 82.7 Å². The van der Waals surface area contributed by atoms with Crippen LogP contribution < -0.4 is 15.5 Å². The largest absolute Gasteiger partial charge is 0.416 e. The third kappa shape index (κ3) is 7.20. The Morgan fingerprint density at radius 1 is 0.894 bits per heavy atom. The zero-order valence-corrected chi connectivity index (χ0v) is 26.7. The lowest BCUT2D eigenvalue weighted by molar-refractivity contribution is -0.137. The first-order chi connectivity index (χ1) is 22.4. The molecule has 5 aromatic rings. The van der Waals surface area contributed by atoms with E-state index >= 15 is 0 Å². The molecule has 2 aromatic heterocycles. The Labute approximate surface area is 271 Å². The molecule has 1 saturated heterocycles. The van der Waals surface area contributed by atoms with E-state index < -0.39 is 17.6 Å². The summed E-state index contributed by atoms with van der Waals surface area (Å²) in [4.78, 5) is 31.4. The molecular formula is C36H36F3N7O. The Morgan fingerprint density at radius 2 is 1.66 bits per heavy atom. The second-order valence-corrected chi connectivity index (χ2v) is 12.2. The van der Waals surface area contributed by atoms with Gasteiger partial charge in [0.05, 0.1) is 23.0 Å². The first-order valence-corrected chi connectivity index (χ1v) is 15.5. The molecule has 1 aliphatic rings. The van der Waals surface area contributed by atoms with Crippen molar-refractivity contribution in [3.63, 3.8) is 0 Å². The van der Waals surface area contributed by atoms with Crippen molar-refractivity contribution < 1.29 is 18.0 Å². The number of piperidine rings is 1. The lowest BCUT2D eigenvalue weighted by Gasteiger charge is -2.35. The number of pyridine rings is 1. The van der Waals surface area contributed by atoms with Gasteiger partial charge in [0, 0.05) is 42.0 Å². The number of anilines is 4. The maximum absolute atomic E-state index is 13.2. The van der Waals surface area contributed by atoms with Gasteiger partial charge in [-0.2, -0.15) is 13.2 Å². The third-order valence-corrected chi connectivity index (χ3v) is 8.65. The zero-order valence-electron chi connectivity index (χ0n) is 26.7. The van der Waals surface area contributed by atoms with Crippen LogP contribution in [-0.2, 0) is 6.18 Å². The van der Waals surface area contributed by atoms with Crippen LogP contribution in [0.3, 0.4) is 0 Å². The molecule has 0 unspecified atom stereocenters. The standard InChI is InChI=1S/C36H36F3N7O/c1-22-8-9-28(42-34(47)24-6-5-7-27(18-24)36(37,38)39)19-31(22)25-16-23(2)33-26(17-25)20-41-35(44-33)43-29-10-11-32(40-21-29)46-14-12-30(13-15-46)45(3)4/h5-11,16-21,30H,12-15H2,1-4H3,(H,42,47)(H,41,43,44). The van der Waals surface area contributed by atoms with Gasteiger partial charge in [-0.05, 0) is 118 Å². The number of nitrogens with one attached hydrogen (secondary N) is 2. The van der Waals surface area contributed by atoms with Gasteiger partial charge in [-0.1, -0.05) is 12.1 Å². The molecule has 47 heavy (non-hydrogen) atoms. The predicted molar refractivity (Wildman–Crippen MR) is 180 cm³/mol. The third-order valence-electron chi connectivity index (χ3n) is 8.65. The highest BCUT2D eigenvalue weighted by molar-refractivity contribution is 6.04. The number of aromatic nitrogens is 3. The average molecular weight is 640 g/mol. The summed E-state index contributed by atoms with van der Waals surface area (Å²) in [6, 6.07) is 18.4. The van der Waals surface area contributed by atoms with Gasteiger partial charge in [-0.3, -0.25) is 4.79 Å². The summed E-state index contributed by atoms with van der Waals surface area (Å²) in [6.07, 6.45) is 1.27. The van der Waals surface area contributed by atoms with Crippen LogP contribution in [0.2, 0.25) is 0 Å². The number of benzene rings is 3. The summed E-state index contributed by atoms with van der Waals surface area (Å²) in [5.41, 5.74) is 4.81. The van der Waals surface area contributed by atoms with Crippen molar-refractivity contribution >= 4 is 40.0 Å². The first-order valence-electron chi connectivity index (χ1n) is 15.5. The summed E-state index contributed by atoms with van der Waals surface area (Å²) >= 11 is 0. The Balaban J connectivity index is 1.17. The molecule has 1 amide bonds. The Bertz CT molecular complexity index is 1920. The van der Waals surface area contributed by atoms with Crippen LogP contribution in [0.15, 0.2) is 79.1 Å². The van der Waals surface area contributed by atoms with E-state index in [1.807, 2.05) is 50.2 Å². The molecule has 0 spiro atoms. The molecule has 3 heterocycles. The molecule has 2 N–H and O–H groups in total. The minimum atomic E-state index is -4.53. The second-order valence-electron chi connectivity index (χ2n) is 12.2. The summed E-state index contributed by atoms with van der Waals surface area (Å²) in [5, 5.41) is 6.85. The normalized spacial score (nSPS) is 14.1. The van der Waals surface area contributed by atoms with Crippen molar-refractivity contribution in [2.45, 2.75) is 38.9 Å². The molecule has 0 bridgehead atoms. The van der Waals surface area contributed by atoms with Gasteiger partial charge in [-0.25, -0.2) is 15.0 Å². The van der Waals surface area contributed by atoms with Gasteiger partial charge in [0.15, 0.2) is 0 Å². The van der Waals surface area contributed by atoms with E-state index in [0.29, 0.717) is 17.7 Å². The van der Waals surface area contributed by atoms with E-state index in [1.54, 1.807) is 18.5 Å². The number of carbonyl (C=O) groups is 1. The van der Waals surface area contributed by atoms with E-state index in [1.165, 1.54) is 12.1 Å². The van der Waals surface area contributed by atoms with Gasteiger partial charge in [0.2, 0.25) is 5.95 Å². The SMILES string of the molecule is Cc1ccc(NC(=O)c2cccc(C(F)(F)F)c2)cc1-c1cc(C)c2nc(Nc3ccc(N4CCC(N(C)C)CC4)nc3)ncc2c1. The van der Waals surface area contributed by atoms with E-state index in [2.05, 4.69) is 44.5 Å². The summed E-state index contributed by atoms with van der Waals surface area (Å²) in [6.45, 7) is 5.90. The lowest BCUT2D eigenvalue weighted by atomic mass is 9.96. The van der Waals surface area contributed by atoms with E-state index in [-0.39, 0.29) is 5.56 Å². The predicted octanol–water partition coefficient (Wildman–Crippen LogP) is 7.85. The van der Waals surface area contributed by atoms with Gasteiger partial charge in [-0.15, -0.1) is 0 Å². The topological polar surface area (TPSA) is 86.3 Å². The monoisotopic (exact) mass is 639 g/mol. The average Bonchev–Trinajstić information content (AvgIpc) is 3.06. The number of rotatable bonds is 7. The van der Waals surface area contributed by atoms with Gasteiger partial charge in [0.1, 0.15) is 5.82 Å². The van der Waals surface area contributed by atoms with Gasteiger partial charge >= 0.3 is 6.18 Å². The van der Waals surface area contributed by atoms with Crippen molar-refractivity contribution in [2.24, 2.45) is 0 Å². The molecule has 242 valence electrons. The number of hydrogen-bond acceptors (Lipinski definition) is 7. The van der Waals surface area contributed by atoms with Crippen LogP contribution in [0.25, 0.3) is 22.0 Å². The van der Waals surface area contributed by atoms with Gasteiger partial charge in [0.25, 0.3) is 5.91 Å². The van der Waals surface area contributed by atoms with Crippen LogP contribution in [0.4, 0.5) is 36.3 Å². The number of aryl methyl sites for hydroxylation is 2. The van der Waals surface area contributed by atoms with Crippen LogP contribution in [0, 0.1) is 13.8 Å². The minimum Gasteiger partial charge on any atom is -0.357 e. The fourth-order valence-electron chi connectivity index (χ4n) is 5.98. The smallest absolute Gasteiger partial charge is 0.357 e. The van der Waals surface area contributed by atoms with Crippen molar-refractivity contribution in [2.75, 3.05) is 42.7 Å². The number of carbonyl (C=O) groups excluding carboxylic acids is 1. The fourth-order valence-corrected chi connectivity index (χ4v) is 5.98. The van der Waals surface area contributed by atoms with Crippen LogP contribution in [0.1, 0.15) is 39.9 Å². The van der Waals surface area contributed by atoms with Gasteiger partial charge < -0.3 is 20.4 Å². The number of amides is 1. The molecule has 8 nitrogen and oxygen atoms in total. The van der Waals surface area contributed by atoms with E-state index in [9.17, 15) is 18.0 Å². The van der Waals surface area contributed by atoms with E-state index in [4.69, 9.17) is 4.98 Å². The number of alkyl halides is 3. The summed E-state index contributed by atoms with van der Waals surface area (Å²) < 4.78 is 39.5. The van der Waals surface area contributed by atoms with Crippen molar-refractivity contribution in [3.8, 4) is 11.1 Å². The molecular weight excluding hydrogens is 603 g/mol. The molecule has 6 rings (SSSR count). The number of hydrogen-bond donors (Lipinski definition) is 2. The molecule has 1 aliphatic heterocycles. The quantitative estimate of drug-likeness (QED) is 0.188. The summed E-state index contributed by atoms with van der Waals surface area (Å²) in [7, 11) is 4.27. The summed E-state index contributed by atoms with van der Waals surface area (Å²) in [5.74, 6) is 0.804. The minimum absolute atomic E-state index is 0.0721. The van der Waals surface area contributed by atoms with Crippen LogP contribution >= 0.6 is 0 Å². The highest BCUT2D eigenvalue weighted by atomic mass is 19.4. The molecule has 0 saturated carbocycles. The Hall–Kier alpha value is -5.03. The van der Waals surface area contributed by atoms with Crippen molar-refractivity contribution in [3.05, 3.63) is 101 Å². The first kappa shape index (κ1) is 31.9. The molecule has 0 aliphatic carbocycles. The highest BCUT2D eigenvalue weighted by Crippen LogP contribution is 2.33.